The maximum Gasteiger partial charge on any atom is 0.146 e. The highest BCUT2D eigenvalue weighted by Crippen LogP contribution is 2.23. The Morgan fingerprint density at radius 2 is 1.61 bits per heavy atom. The number of hydrogen-bond acceptors (Lipinski definition) is 1. The summed E-state index contributed by atoms with van der Waals surface area (Å²) < 4.78 is 33.6. The topological polar surface area (TPSA) is 9.23 Å². The van der Waals surface area contributed by atoms with Crippen molar-refractivity contribution >= 4 is 31.9 Å². The van der Waals surface area contributed by atoms with Crippen LogP contribution in [0.4, 0.5) is 8.78 Å². The van der Waals surface area contributed by atoms with Crippen LogP contribution in [-0.2, 0) is 6.61 Å². The largest absolute Gasteiger partial charge is 0.489 e. The van der Waals surface area contributed by atoms with Crippen LogP contribution >= 0.6 is 31.9 Å². The summed E-state index contributed by atoms with van der Waals surface area (Å²) in [7, 11) is 0. The third-order valence-corrected chi connectivity index (χ3v) is 3.48. The predicted octanol–water partition coefficient (Wildman–Crippen LogP) is 5.07. The molecule has 0 saturated carbocycles. The van der Waals surface area contributed by atoms with Crippen molar-refractivity contribution < 1.29 is 13.5 Å². The predicted molar refractivity (Wildman–Crippen MR) is 72.5 cm³/mol. The van der Waals surface area contributed by atoms with Gasteiger partial charge in [0.1, 0.15) is 24.0 Å². The molecule has 18 heavy (non-hydrogen) atoms. The normalized spacial score (nSPS) is 10.4. The van der Waals surface area contributed by atoms with Gasteiger partial charge in [0.05, 0.1) is 10.0 Å². The van der Waals surface area contributed by atoms with Gasteiger partial charge in [0.25, 0.3) is 0 Å². The minimum atomic E-state index is -0.632. The summed E-state index contributed by atoms with van der Waals surface area (Å²) >= 11 is 6.31. The van der Waals surface area contributed by atoms with Crippen molar-refractivity contribution in [1.82, 2.24) is 0 Å². The first kappa shape index (κ1) is 13.5. The summed E-state index contributed by atoms with van der Waals surface area (Å²) in [6.07, 6.45) is 0. The molecular formula is C13H8Br2F2O. The monoisotopic (exact) mass is 376 g/mol. The molecule has 0 saturated heterocycles. The van der Waals surface area contributed by atoms with E-state index in [0.717, 1.165) is 4.47 Å². The lowest BCUT2D eigenvalue weighted by molar-refractivity contribution is 0.292. The van der Waals surface area contributed by atoms with E-state index in [1.54, 1.807) is 24.3 Å². The highest BCUT2D eigenvalue weighted by Gasteiger charge is 2.12. The molecule has 0 amide bonds. The summed E-state index contributed by atoms with van der Waals surface area (Å²) in [6, 6.07) is 9.56. The molecule has 2 aromatic rings. The first-order valence-electron chi connectivity index (χ1n) is 5.08. The molecule has 2 rings (SSSR count). The molecule has 0 N–H and O–H groups in total. The average Bonchev–Trinajstić information content (AvgIpc) is 2.36. The van der Waals surface area contributed by atoms with E-state index in [1.807, 2.05) is 0 Å². The fourth-order valence-electron chi connectivity index (χ4n) is 1.39. The van der Waals surface area contributed by atoms with Crippen LogP contribution in [0.1, 0.15) is 5.56 Å². The van der Waals surface area contributed by atoms with E-state index in [4.69, 9.17) is 4.74 Å². The van der Waals surface area contributed by atoms with Crippen molar-refractivity contribution in [3.63, 3.8) is 0 Å². The fraction of sp³-hybridized carbons (Fsp3) is 0.0769. The van der Waals surface area contributed by atoms with Crippen LogP contribution < -0.4 is 4.74 Å². The molecule has 0 aliphatic rings. The average molecular weight is 378 g/mol. The SMILES string of the molecule is Fc1ccc(Br)c(F)c1COc1ccc(Br)cc1. The molecule has 0 aromatic heterocycles. The van der Waals surface area contributed by atoms with Crippen molar-refractivity contribution in [2.24, 2.45) is 0 Å². The number of rotatable bonds is 3. The van der Waals surface area contributed by atoms with E-state index >= 15 is 0 Å². The zero-order valence-electron chi connectivity index (χ0n) is 9.09. The molecule has 0 spiro atoms. The van der Waals surface area contributed by atoms with Crippen LogP contribution in [0.3, 0.4) is 0 Å². The Bertz CT molecular complexity index is 556. The van der Waals surface area contributed by atoms with Crippen molar-refractivity contribution in [1.29, 1.82) is 0 Å². The van der Waals surface area contributed by atoms with Crippen LogP contribution in [0.15, 0.2) is 45.3 Å². The first-order chi connectivity index (χ1) is 8.58. The highest BCUT2D eigenvalue weighted by atomic mass is 79.9. The van der Waals surface area contributed by atoms with Gasteiger partial charge >= 0.3 is 0 Å². The lowest BCUT2D eigenvalue weighted by Gasteiger charge is -2.09. The van der Waals surface area contributed by atoms with E-state index < -0.39 is 11.6 Å². The van der Waals surface area contributed by atoms with Gasteiger partial charge in [-0.3, -0.25) is 0 Å². The summed E-state index contributed by atoms with van der Waals surface area (Å²) in [6.45, 7) is -0.154. The van der Waals surface area contributed by atoms with Gasteiger partial charge in [-0.2, -0.15) is 0 Å². The van der Waals surface area contributed by atoms with Gasteiger partial charge in [-0.05, 0) is 52.3 Å². The highest BCUT2D eigenvalue weighted by molar-refractivity contribution is 9.10. The van der Waals surface area contributed by atoms with Crippen molar-refractivity contribution in [3.8, 4) is 5.75 Å². The second-order valence-electron chi connectivity index (χ2n) is 3.56. The van der Waals surface area contributed by atoms with Crippen LogP contribution in [0, 0.1) is 11.6 Å². The van der Waals surface area contributed by atoms with E-state index in [-0.39, 0.29) is 16.6 Å². The molecule has 0 aliphatic heterocycles. The lowest BCUT2D eigenvalue weighted by atomic mass is 10.2. The number of ether oxygens (including phenoxy) is 1. The van der Waals surface area contributed by atoms with Gasteiger partial charge in [0.15, 0.2) is 0 Å². The maximum atomic E-state index is 13.7. The smallest absolute Gasteiger partial charge is 0.146 e. The standard InChI is InChI=1S/C13H8Br2F2O/c14-8-1-3-9(4-2-8)18-7-10-12(16)6-5-11(15)13(10)17/h1-6H,7H2. The zero-order valence-corrected chi connectivity index (χ0v) is 12.3. The quantitative estimate of drug-likeness (QED) is 0.678. The van der Waals surface area contributed by atoms with Crippen molar-refractivity contribution in [2.75, 3.05) is 0 Å². The van der Waals surface area contributed by atoms with Crippen LogP contribution in [0.25, 0.3) is 0 Å². The van der Waals surface area contributed by atoms with Crippen LogP contribution in [-0.4, -0.2) is 0 Å². The van der Waals surface area contributed by atoms with Crippen LogP contribution in [0.2, 0.25) is 0 Å². The van der Waals surface area contributed by atoms with Crippen LogP contribution in [0.5, 0.6) is 5.75 Å². The molecule has 0 bridgehead atoms. The van der Waals surface area contributed by atoms with Gasteiger partial charge in [-0.15, -0.1) is 0 Å². The molecular weight excluding hydrogens is 370 g/mol. The Labute approximate surface area is 120 Å². The Morgan fingerprint density at radius 3 is 2.28 bits per heavy atom. The Balaban J connectivity index is 2.15. The van der Waals surface area contributed by atoms with Gasteiger partial charge in [0.2, 0.25) is 0 Å². The summed E-state index contributed by atoms with van der Waals surface area (Å²) in [5.41, 5.74) is -0.0905. The third-order valence-electron chi connectivity index (χ3n) is 2.34. The second-order valence-corrected chi connectivity index (χ2v) is 5.33. The van der Waals surface area contributed by atoms with Crippen molar-refractivity contribution in [3.05, 3.63) is 62.5 Å². The minimum absolute atomic E-state index is 0.0905. The third kappa shape index (κ3) is 3.09. The molecule has 0 heterocycles. The number of benzene rings is 2. The molecule has 2 aromatic carbocycles. The molecule has 0 aliphatic carbocycles. The zero-order chi connectivity index (χ0) is 13.1. The summed E-state index contributed by atoms with van der Waals surface area (Å²) in [4.78, 5) is 0. The van der Waals surface area contributed by atoms with Crippen molar-refractivity contribution in [2.45, 2.75) is 6.61 Å². The Hall–Kier alpha value is -0.940. The molecule has 5 heteroatoms. The van der Waals surface area contributed by atoms with E-state index in [1.165, 1.54) is 12.1 Å². The van der Waals surface area contributed by atoms with Gasteiger partial charge in [-0.1, -0.05) is 15.9 Å². The van der Waals surface area contributed by atoms with E-state index in [2.05, 4.69) is 31.9 Å². The summed E-state index contributed by atoms with van der Waals surface area (Å²) in [5, 5.41) is 0. The molecule has 0 fully saturated rings. The van der Waals surface area contributed by atoms with Gasteiger partial charge < -0.3 is 4.74 Å². The first-order valence-corrected chi connectivity index (χ1v) is 6.67. The molecule has 0 unspecified atom stereocenters. The fourth-order valence-corrected chi connectivity index (χ4v) is 2.02. The molecule has 0 atom stereocenters. The van der Waals surface area contributed by atoms with E-state index in [9.17, 15) is 8.78 Å². The van der Waals surface area contributed by atoms with Gasteiger partial charge in [0, 0.05) is 4.47 Å². The molecule has 0 radical (unpaired) electrons. The second kappa shape index (κ2) is 5.80. The lowest BCUT2D eigenvalue weighted by Crippen LogP contribution is -2.02. The minimum Gasteiger partial charge on any atom is -0.489 e. The van der Waals surface area contributed by atoms with E-state index in [0.29, 0.717) is 5.75 Å². The Kier molecular flexibility index (Phi) is 4.35. The maximum absolute atomic E-state index is 13.7. The Morgan fingerprint density at radius 1 is 0.944 bits per heavy atom. The molecule has 94 valence electrons. The number of halogens is 4. The number of hydrogen-bond donors (Lipinski definition) is 0. The molecule has 1 nitrogen and oxygen atoms in total. The van der Waals surface area contributed by atoms with Gasteiger partial charge in [-0.25, -0.2) is 8.78 Å². The summed E-state index contributed by atoms with van der Waals surface area (Å²) in [5.74, 6) is -0.697.